The fourth-order valence-corrected chi connectivity index (χ4v) is 2.17. The molecule has 0 radical (unpaired) electrons. The topological polar surface area (TPSA) is 93.6 Å². The zero-order chi connectivity index (χ0) is 15.7. The summed E-state index contributed by atoms with van der Waals surface area (Å²) in [6, 6.07) is 7.80. The lowest BCUT2D eigenvalue weighted by atomic mass is 10.3. The van der Waals surface area contributed by atoms with Crippen LogP contribution in [0.5, 0.6) is 0 Å². The van der Waals surface area contributed by atoms with Crippen LogP contribution in [-0.4, -0.2) is 25.4 Å². The number of nitrogens with zero attached hydrogens (tertiary/aromatic N) is 5. The number of pyridine rings is 2. The third-order valence-corrected chi connectivity index (χ3v) is 3.13. The summed E-state index contributed by atoms with van der Waals surface area (Å²) in [5.74, 6) is -0.0950. The van der Waals surface area contributed by atoms with E-state index in [4.69, 9.17) is 0 Å². The number of fused-ring (bicyclic) bond motifs is 1. The molecule has 0 N–H and O–H groups in total. The summed E-state index contributed by atoms with van der Waals surface area (Å²) in [5.41, 5.74) is 1.24. The Balaban J connectivity index is 2.11. The van der Waals surface area contributed by atoms with Crippen molar-refractivity contribution in [2.75, 3.05) is 4.90 Å². The van der Waals surface area contributed by atoms with Gasteiger partial charge in [0, 0.05) is 31.6 Å². The van der Waals surface area contributed by atoms with Crippen molar-refractivity contribution in [3.63, 3.8) is 0 Å². The second-order valence-electron chi connectivity index (χ2n) is 4.57. The van der Waals surface area contributed by atoms with Crippen molar-refractivity contribution < 1.29 is 9.72 Å². The zero-order valence-corrected chi connectivity index (χ0v) is 11.6. The Morgan fingerprint density at radius 3 is 2.82 bits per heavy atom. The Morgan fingerprint density at radius 2 is 2.09 bits per heavy atom. The molecule has 0 aromatic carbocycles. The number of aromatic nitrogens is 3. The van der Waals surface area contributed by atoms with Gasteiger partial charge in [-0.05, 0) is 18.2 Å². The number of hydrogen-bond donors (Lipinski definition) is 0. The average Bonchev–Trinajstić information content (AvgIpc) is 2.95. The summed E-state index contributed by atoms with van der Waals surface area (Å²) in [6.07, 6.45) is 4.65. The highest BCUT2D eigenvalue weighted by molar-refractivity contribution is 5.98. The standard InChI is InChI=1S/C14H11N5O3/c1-10(20)18(14-9-13(19(21)22)2-5-15-14)12-4-7-17-11(8-12)3-6-16-17/h2-9H,1H3. The molecule has 0 saturated carbocycles. The van der Waals surface area contributed by atoms with Gasteiger partial charge in [-0.25, -0.2) is 9.50 Å². The molecule has 0 spiro atoms. The summed E-state index contributed by atoms with van der Waals surface area (Å²) in [7, 11) is 0. The second kappa shape index (κ2) is 5.24. The lowest BCUT2D eigenvalue weighted by Gasteiger charge is -2.20. The fraction of sp³-hybridized carbons (Fsp3) is 0.0714. The van der Waals surface area contributed by atoms with E-state index in [-0.39, 0.29) is 17.4 Å². The van der Waals surface area contributed by atoms with Gasteiger partial charge in [-0.1, -0.05) is 0 Å². The van der Waals surface area contributed by atoms with Crippen LogP contribution in [-0.2, 0) is 4.79 Å². The van der Waals surface area contributed by atoms with Crippen molar-refractivity contribution in [2.45, 2.75) is 6.92 Å². The van der Waals surface area contributed by atoms with Gasteiger partial charge in [0.1, 0.15) is 5.82 Å². The van der Waals surface area contributed by atoms with Crippen LogP contribution in [0.25, 0.3) is 5.52 Å². The van der Waals surface area contributed by atoms with Gasteiger partial charge in [-0.3, -0.25) is 19.8 Å². The molecule has 3 heterocycles. The Hall–Kier alpha value is -3.29. The Kier molecular flexibility index (Phi) is 3.26. The van der Waals surface area contributed by atoms with E-state index >= 15 is 0 Å². The van der Waals surface area contributed by atoms with E-state index in [2.05, 4.69) is 10.1 Å². The third kappa shape index (κ3) is 2.37. The number of carbonyl (C=O) groups excluding carboxylic acids is 1. The number of nitro groups is 1. The van der Waals surface area contributed by atoms with Gasteiger partial charge >= 0.3 is 0 Å². The van der Waals surface area contributed by atoms with Gasteiger partial charge < -0.3 is 0 Å². The predicted octanol–water partition coefficient (Wildman–Crippen LogP) is 2.32. The van der Waals surface area contributed by atoms with Crippen molar-refractivity contribution in [3.8, 4) is 0 Å². The third-order valence-electron chi connectivity index (χ3n) is 3.13. The highest BCUT2D eigenvalue weighted by atomic mass is 16.6. The second-order valence-corrected chi connectivity index (χ2v) is 4.57. The van der Waals surface area contributed by atoms with E-state index in [1.165, 1.54) is 30.2 Å². The summed E-state index contributed by atoms with van der Waals surface area (Å²) in [4.78, 5) is 27.7. The SMILES string of the molecule is CC(=O)N(c1ccn2nccc2c1)c1cc([N+](=O)[O-])ccn1. The molecule has 8 heteroatoms. The smallest absolute Gasteiger partial charge is 0.274 e. The molecule has 0 fully saturated rings. The van der Waals surface area contributed by atoms with E-state index in [0.29, 0.717) is 5.69 Å². The van der Waals surface area contributed by atoms with Gasteiger partial charge in [0.05, 0.1) is 22.2 Å². The molecular formula is C14H11N5O3. The van der Waals surface area contributed by atoms with Crippen LogP contribution in [0.4, 0.5) is 17.2 Å². The summed E-state index contributed by atoms with van der Waals surface area (Å²) >= 11 is 0. The van der Waals surface area contributed by atoms with Gasteiger partial charge in [-0.2, -0.15) is 5.10 Å². The van der Waals surface area contributed by atoms with Crippen LogP contribution in [0.2, 0.25) is 0 Å². The van der Waals surface area contributed by atoms with Crippen LogP contribution >= 0.6 is 0 Å². The van der Waals surface area contributed by atoms with Gasteiger partial charge in [0.15, 0.2) is 0 Å². The minimum atomic E-state index is -0.524. The van der Waals surface area contributed by atoms with Gasteiger partial charge in [-0.15, -0.1) is 0 Å². The monoisotopic (exact) mass is 297 g/mol. The lowest BCUT2D eigenvalue weighted by molar-refractivity contribution is -0.384. The maximum absolute atomic E-state index is 12.0. The molecule has 0 saturated heterocycles. The molecule has 0 aliphatic carbocycles. The Morgan fingerprint density at radius 1 is 1.27 bits per heavy atom. The van der Waals surface area contributed by atoms with Crippen molar-refractivity contribution >= 4 is 28.6 Å². The van der Waals surface area contributed by atoms with E-state index < -0.39 is 4.92 Å². The fourth-order valence-electron chi connectivity index (χ4n) is 2.17. The van der Waals surface area contributed by atoms with Gasteiger partial charge in [0.25, 0.3) is 5.69 Å². The van der Waals surface area contributed by atoms with E-state index in [9.17, 15) is 14.9 Å². The number of anilines is 2. The average molecular weight is 297 g/mol. The molecule has 1 amide bonds. The summed E-state index contributed by atoms with van der Waals surface area (Å²) < 4.78 is 1.66. The first-order valence-electron chi connectivity index (χ1n) is 6.41. The first kappa shape index (κ1) is 13.7. The maximum Gasteiger partial charge on any atom is 0.274 e. The molecule has 0 aliphatic rings. The quantitative estimate of drug-likeness (QED) is 0.546. The number of rotatable bonds is 3. The van der Waals surface area contributed by atoms with Crippen molar-refractivity contribution in [1.29, 1.82) is 0 Å². The van der Waals surface area contributed by atoms with Crippen LogP contribution in [0.3, 0.4) is 0 Å². The van der Waals surface area contributed by atoms with Crippen molar-refractivity contribution in [1.82, 2.24) is 14.6 Å². The molecule has 0 atom stereocenters. The number of carbonyl (C=O) groups is 1. The number of amides is 1. The van der Waals surface area contributed by atoms with Gasteiger partial charge in [0.2, 0.25) is 5.91 Å². The van der Waals surface area contributed by atoms with E-state index in [1.54, 1.807) is 35.1 Å². The molecule has 3 aromatic rings. The summed E-state index contributed by atoms with van der Waals surface area (Å²) in [5, 5.41) is 15.0. The Bertz CT molecular complexity index is 874. The number of hydrogen-bond acceptors (Lipinski definition) is 5. The molecule has 0 unspecified atom stereocenters. The first-order chi connectivity index (χ1) is 10.6. The van der Waals surface area contributed by atoms with E-state index in [0.717, 1.165) is 5.52 Å². The molecular weight excluding hydrogens is 286 g/mol. The zero-order valence-electron chi connectivity index (χ0n) is 11.6. The van der Waals surface area contributed by atoms with E-state index in [1.807, 2.05) is 0 Å². The minimum absolute atomic E-state index is 0.123. The normalized spacial score (nSPS) is 10.6. The molecule has 0 bridgehead atoms. The highest BCUT2D eigenvalue weighted by Gasteiger charge is 2.18. The van der Waals surface area contributed by atoms with Crippen LogP contribution in [0.15, 0.2) is 48.9 Å². The Labute approximate surface area is 124 Å². The molecule has 8 nitrogen and oxygen atoms in total. The van der Waals surface area contributed by atoms with Crippen molar-refractivity contribution in [2.24, 2.45) is 0 Å². The van der Waals surface area contributed by atoms with Crippen LogP contribution in [0.1, 0.15) is 6.92 Å². The van der Waals surface area contributed by atoms with Crippen molar-refractivity contribution in [3.05, 3.63) is 59.0 Å². The maximum atomic E-state index is 12.0. The minimum Gasteiger partial charge on any atom is -0.274 e. The molecule has 0 aliphatic heterocycles. The molecule has 3 rings (SSSR count). The molecule has 3 aromatic heterocycles. The summed E-state index contributed by atoms with van der Waals surface area (Å²) in [6.45, 7) is 1.38. The molecule has 22 heavy (non-hydrogen) atoms. The van der Waals surface area contributed by atoms with Crippen LogP contribution in [0, 0.1) is 10.1 Å². The molecule has 110 valence electrons. The van der Waals surface area contributed by atoms with Crippen LogP contribution < -0.4 is 4.90 Å². The first-order valence-corrected chi connectivity index (χ1v) is 6.41. The highest BCUT2D eigenvalue weighted by Crippen LogP contribution is 2.27. The predicted molar refractivity (Wildman–Crippen MR) is 78.9 cm³/mol. The largest absolute Gasteiger partial charge is 0.274 e. The lowest BCUT2D eigenvalue weighted by Crippen LogP contribution is -2.23.